The number of hydrogen-bond donors (Lipinski definition) is 0. The molecule has 53 heavy (non-hydrogen) atoms. The van der Waals surface area contributed by atoms with Crippen molar-refractivity contribution in [1.82, 2.24) is 0 Å². The largest absolute Gasteiger partial charge is 0.456 e. The molecule has 0 unspecified atom stereocenters. The number of anilines is 3. The van der Waals surface area contributed by atoms with Gasteiger partial charge in [0.1, 0.15) is 11.2 Å². The Bertz CT molecular complexity index is 3160. The molecule has 0 aliphatic rings. The van der Waals surface area contributed by atoms with E-state index in [2.05, 4.69) is 181 Å². The molecule has 0 atom stereocenters. The van der Waals surface area contributed by atoms with E-state index in [9.17, 15) is 0 Å². The first-order valence-electron chi connectivity index (χ1n) is 18.0. The van der Waals surface area contributed by atoms with Crippen LogP contribution in [0.25, 0.3) is 85.9 Å². The third-order valence-corrected chi connectivity index (χ3v) is 11.8. The van der Waals surface area contributed by atoms with Crippen LogP contribution in [0.3, 0.4) is 0 Å². The number of rotatable bonds is 5. The number of para-hydroxylation sites is 1. The molecule has 2 aromatic heterocycles. The Balaban J connectivity index is 1.00. The zero-order valence-corrected chi connectivity index (χ0v) is 29.5. The summed E-state index contributed by atoms with van der Waals surface area (Å²) in [5, 5.41) is 10.0. The van der Waals surface area contributed by atoms with Crippen LogP contribution in [-0.4, -0.2) is 0 Å². The summed E-state index contributed by atoms with van der Waals surface area (Å²) >= 11 is 1.87. The van der Waals surface area contributed by atoms with Crippen molar-refractivity contribution in [3.63, 3.8) is 0 Å². The van der Waals surface area contributed by atoms with E-state index in [0.29, 0.717) is 0 Å². The van der Waals surface area contributed by atoms with Crippen molar-refractivity contribution in [2.75, 3.05) is 4.90 Å². The number of nitrogens with zero attached hydrogens (tertiary/aromatic N) is 1. The summed E-state index contributed by atoms with van der Waals surface area (Å²) in [6.45, 7) is 0. The average molecular weight is 694 g/mol. The monoisotopic (exact) mass is 693 g/mol. The minimum Gasteiger partial charge on any atom is -0.456 e. The molecule has 0 bridgehead atoms. The molecular weight excluding hydrogens is 663 g/mol. The Morgan fingerprint density at radius 3 is 1.85 bits per heavy atom. The second-order valence-corrected chi connectivity index (χ2v) is 14.8. The molecule has 0 aliphatic carbocycles. The number of fused-ring (bicyclic) bond motifs is 9. The summed E-state index contributed by atoms with van der Waals surface area (Å²) in [5.74, 6) is 0. The second kappa shape index (κ2) is 11.9. The Hall–Kier alpha value is -6.68. The molecule has 0 N–H and O–H groups in total. The molecule has 0 amide bonds. The minimum atomic E-state index is 0.876. The van der Waals surface area contributed by atoms with E-state index < -0.39 is 0 Å². The third kappa shape index (κ3) is 4.93. The van der Waals surface area contributed by atoms with E-state index in [4.69, 9.17) is 4.42 Å². The van der Waals surface area contributed by atoms with Gasteiger partial charge in [-0.15, -0.1) is 11.3 Å². The molecule has 248 valence electrons. The lowest BCUT2D eigenvalue weighted by atomic mass is 9.97. The quantitative estimate of drug-likeness (QED) is 0.178. The van der Waals surface area contributed by atoms with E-state index in [1.54, 1.807) is 0 Å². The Morgan fingerprint density at radius 1 is 0.358 bits per heavy atom. The van der Waals surface area contributed by atoms with Crippen LogP contribution < -0.4 is 4.90 Å². The summed E-state index contributed by atoms with van der Waals surface area (Å²) in [5.41, 5.74) is 9.79. The van der Waals surface area contributed by atoms with Gasteiger partial charge >= 0.3 is 0 Å². The van der Waals surface area contributed by atoms with Crippen molar-refractivity contribution in [2.24, 2.45) is 0 Å². The molecule has 0 saturated carbocycles. The first-order valence-corrected chi connectivity index (χ1v) is 18.8. The molecule has 3 heteroatoms. The van der Waals surface area contributed by atoms with Gasteiger partial charge in [-0.1, -0.05) is 121 Å². The minimum absolute atomic E-state index is 0.876. The molecule has 0 spiro atoms. The van der Waals surface area contributed by atoms with Crippen LogP contribution in [0.15, 0.2) is 192 Å². The van der Waals surface area contributed by atoms with E-state index >= 15 is 0 Å². The highest BCUT2D eigenvalue weighted by molar-refractivity contribution is 7.26. The van der Waals surface area contributed by atoms with E-state index in [1.807, 2.05) is 23.5 Å². The molecule has 0 aliphatic heterocycles. The van der Waals surface area contributed by atoms with Crippen molar-refractivity contribution in [3.05, 3.63) is 188 Å². The maximum Gasteiger partial charge on any atom is 0.137 e. The highest BCUT2D eigenvalue weighted by Crippen LogP contribution is 2.42. The highest BCUT2D eigenvalue weighted by atomic mass is 32.1. The van der Waals surface area contributed by atoms with Crippen molar-refractivity contribution in [2.45, 2.75) is 0 Å². The molecular formula is C50H31NOS. The molecule has 11 aromatic rings. The van der Waals surface area contributed by atoms with Gasteiger partial charge in [-0.3, -0.25) is 0 Å². The van der Waals surface area contributed by atoms with Gasteiger partial charge in [0, 0.05) is 54.1 Å². The summed E-state index contributed by atoms with van der Waals surface area (Å²) in [7, 11) is 0. The van der Waals surface area contributed by atoms with E-state index in [-0.39, 0.29) is 0 Å². The van der Waals surface area contributed by atoms with Gasteiger partial charge < -0.3 is 9.32 Å². The molecule has 0 saturated heterocycles. The molecule has 2 nitrogen and oxygen atoms in total. The van der Waals surface area contributed by atoms with Crippen molar-refractivity contribution in [1.29, 1.82) is 0 Å². The lowest BCUT2D eigenvalue weighted by molar-refractivity contribution is 0.669. The van der Waals surface area contributed by atoms with Gasteiger partial charge in [0.05, 0.1) is 0 Å². The van der Waals surface area contributed by atoms with Gasteiger partial charge in [-0.25, -0.2) is 0 Å². The van der Waals surface area contributed by atoms with Crippen LogP contribution in [0.1, 0.15) is 0 Å². The summed E-state index contributed by atoms with van der Waals surface area (Å²) in [6, 6.07) is 68.0. The van der Waals surface area contributed by atoms with Crippen LogP contribution in [0.4, 0.5) is 17.1 Å². The van der Waals surface area contributed by atoms with Crippen LogP contribution in [-0.2, 0) is 0 Å². The third-order valence-electron chi connectivity index (χ3n) is 10.7. The fourth-order valence-corrected chi connectivity index (χ4v) is 9.23. The second-order valence-electron chi connectivity index (χ2n) is 13.7. The fraction of sp³-hybridized carbons (Fsp3) is 0. The van der Waals surface area contributed by atoms with Crippen LogP contribution in [0, 0.1) is 0 Å². The zero-order valence-electron chi connectivity index (χ0n) is 28.7. The van der Waals surface area contributed by atoms with Crippen LogP contribution >= 0.6 is 11.3 Å². The molecule has 2 heterocycles. The fourth-order valence-electron chi connectivity index (χ4n) is 8.10. The highest BCUT2D eigenvalue weighted by Gasteiger charge is 2.17. The normalized spacial score (nSPS) is 11.8. The maximum absolute atomic E-state index is 6.36. The molecule has 11 rings (SSSR count). The van der Waals surface area contributed by atoms with Gasteiger partial charge in [0.2, 0.25) is 0 Å². The first-order chi connectivity index (χ1) is 26.2. The van der Waals surface area contributed by atoms with Crippen molar-refractivity contribution < 1.29 is 4.42 Å². The maximum atomic E-state index is 6.36. The zero-order chi connectivity index (χ0) is 34.9. The average Bonchev–Trinajstić information content (AvgIpc) is 3.79. The SMILES string of the molecule is c1ccc2c(-c3ccc(N(c4ccc(-c5ccc6c(ccc7sc8ccccc8c76)c5)cc4)c4ccc5c(c4)oc4ccccc45)cc3)cccc2c1. The Kier molecular flexibility index (Phi) is 6.76. The van der Waals surface area contributed by atoms with E-state index in [0.717, 1.165) is 39.0 Å². The molecule has 0 fully saturated rings. The van der Waals surface area contributed by atoms with Gasteiger partial charge in [0.25, 0.3) is 0 Å². The molecule has 0 radical (unpaired) electrons. The predicted octanol–water partition coefficient (Wildman–Crippen LogP) is 15.1. The van der Waals surface area contributed by atoms with Crippen molar-refractivity contribution >= 4 is 92.1 Å². The number of thiophene rings is 1. The summed E-state index contributed by atoms with van der Waals surface area (Å²) < 4.78 is 9.03. The lowest BCUT2D eigenvalue weighted by Gasteiger charge is -2.26. The standard InChI is InChI=1S/C50H31NOS/c1-2-10-40-33(8-1)9-7-13-41(40)34-18-24-38(25-19-34)51(39-26-28-44-43-11-3-5-14-46(43)52-47(44)31-39)37-22-16-32(17-23-37)35-20-27-42-36(30-35)21-29-49-50(42)45-12-4-6-15-48(45)53-49/h1-31H. The lowest BCUT2D eigenvalue weighted by Crippen LogP contribution is -2.09. The number of benzene rings is 9. The van der Waals surface area contributed by atoms with Gasteiger partial charge in [-0.2, -0.15) is 0 Å². The van der Waals surface area contributed by atoms with Crippen LogP contribution in [0.2, 0.25) is 0 Å². The Morgan fingerprint density at radius 2 is 1.00 bits per heavy atom. The first kappa shape index (κ1) is 30.0. The van der Waals surface area contributed by atoms with Crippen LogP contribution in [0.5, 0.6) is 0 Å². The topological polar surface area (TPSA) is 16.4 Å². The number of hydrogen-bond acceptors (Lipinski definition) is 3. The predicted molar refractivity (Wildman–Crippen MR) is 227 cm³/mol. The van der Waals surface area contributed by atoms with E-state index in [1.165, 1.54) is 64.0 Å². The number of furan rings is 1. The van der Waals surface area contributed by atoms with Gasteiger partial charge in [0.15, 0.2) is 0 Å². The molecule has 9 aromatic carbocycles. The Labute approximate surface area is 310 Å². The van der Waals surface area contributed by atoms with Gasteiger partial charge in [-0.05, 0) is 104 Å². The van der Waals surface area contributed by atoms with Crippen molar-refractivity contribution in [3.8, 4) is 22.3 Å². The summed E-state index contributed by atoms with van der Waals surface area (Å²) in [4.78, 5) is 2.32. The smallest absolute Gasteiger partial charge is 0.137 e. The summed E-state index contributed by atoms with van der Waals surface area (Å²) in [6.07, 6.45) is 0.